The highest BCUT2D eigenvalue weighted by atomic mass is 16.4. The van der Waals surface area contributed by atoms with Gasteiger partial charge in [-0.2, -0.15) is 0 Å². The molecule has 0 radical (unpaired) electrons. The Balaban J connectivity index is 4.59. The van der Waals surface area contributed by atoms with Crippen molar-refractivity contribution in [3.8, 4) is 0 Å². The van der Waals surface area contributed by atoms with Crippen LogP contribution in [0.1, 0.15) is 0 Å². The van der Waals surface area contributed by atoms with Crippen LogP contribution in [0.5, 0.6) is 0 Å². The number of hydrogen-bond donors (Lipinski definition) is 5. The standard InChI is InChI=1S/C8H14O6/c9-3-8(4-10,5-11)6(12)1-2-7(13)14/h1-2,6,9-12H,3-5H2,(H,13,14). The predicted octanol–water partition coefficient (Wildman–Crippen LogP) is -2.05. The lowest BCUT2D eigenvalue weighted by atomic mass is 9.84. The summed E-state index contributed by atoms with van der Waals surface area (Å²) in [6.07, 6.45) is 0.157. The van der Waals surface area contributed by atoms with E-state index in [2.05, 4.69) is 0 Å². The largest absolute Gasteiger partial charge is 0.478 e. The minimum Gasteiger partial charge on any atom is -0.478 e. The lowest BCUT2D eigenvalue weighted by Crippen LogP contribution is -2.44. The number of aliphatic hydroxyl groups excluding tert-OH is 4. The van der Waals surface area contributed by atoms with Gasteiger partial charge in [0.05, 0.1) is 31.3 Å². The smallest absolute Gasteiger partial charge is 0.328 e. The number of carboxylic acid groups (broad SMARTS) is 1. The normalized spacial score (nSPS) is 14.6. The summed E-state index contributed by atoms with van der Waals surface area (Å²) in [5, 5.41) is 44.2. The molecule has 14 heavy (non-hydrogen) atoms. The van der Waals surface area contributed by atoms with Crippen LogP contribution in [0.15, 0.2) is 12.2 Å². The third-order valence-electron chi connectivity index (χ3n) is 1.99. The Hall–Kier alpha value is -0.950. The van der Waals surface area contributed by atoms with Gasteiger partial charge in [-0.05, 0) is 6.08 Å². The van der Waals surface area contributed by atoms with Crippen LogP contribution < -0.4 is 0 Å². The molecule has 0 spiro atoms. The summed E-state index contributed by atoms with van der Waals surface area (Å²) in [6, 6.07) is 0. The number of aliphatic carboxylic acids is 1. The molecule has 0 aliphatic carbocycles. The fourth-order valence-corrected chi connectivity index (χ4v) is 0.808. The van der Waals surface area contributed by atoms with Gasteiger partial charge in [-0.25, -0.2) is 4.79 Å². The molecule has 5 N–H and O–H groups in total. The molecule has 0 saturated carbocycles. The van der Waals surface area contributed by atoms with Crippen molar-refractivity contribution < 1.29 is 30.3 Å². The fraction of sp³-hybridized carbons (Fsp3) is 0.625. The summed E-state index contributed by atoms with van der Waals surface area (Å²) in [4.78, 5) is 10.1. The quantitative estimate of drug-likeness (QED) is 0.319. The Bertz CT molecular complexity index is 200. The number of aliphatic hydroxyl groups is 4. The van der Waals surface area contributed by atoms with E-state index in [0.717, 1.165) is 6.08 Å². The zero-order valence-corrected chi connectivity index (χ0v) is 7.50. The first-order valence-electron chi connectivity index (χ1n) is 3.94. The molecule has 6 heteroatoms. The third kappa shape index (κ3) is 3.08. The van der Waals surface area contributed by atoms with Crippen LogP contribution in [-0.4, -0.2) is 57.4 Å². The van der Waals surface area contributed by atoms with Crippen LogP contribution in [0.3, 0.4) is 0 Å². The topological polar surface area (TPSA) is 118 Å². The molecule has 0 rings (SSSR count). The Morgan fingerprint density at radius 2 is 1.64 bits per heavy atom. The molecule has 0 saturated heterocycles. The van der Waals surface area contributed by atoms with Crippen molar-refractivity contribution >= 4 is 5.97 Å². The molecule has 0 heterocycles. The molecular weight excluding hydrogens is 192 g/mol. The van der Waals surface area contributed by atoms with Gasteiger partial charge in [-0.1, -0.05) is 0 Å². The van der Waals surface area contributed by atoms with Crippen LogP contribution in [0.4, 0.5) is 0 Å². The first-order chi connectivity index (χ1) is 6.52. The SMILES string of the molecule is O=C(O)C=CC(O)C(CO)(CO)CO. The van der Waals surface area contributed by atoms with Gasteiger partial charge >= 0.3 is 5.97 Å². The van der Waals surface area contributed by atoms with Crippen molar-refractivity contribution in [1.29, 1.82) is 0 Å². The molecule has 0 amide bonds. The van der Waals surface area contributed by atoms with Crippen LogP contribution >= 0.6 is 0 Å². The van der Waals surface area contributed by atoms with Crippen molar-refractivity contribution in [2.45, 2.75) is 6.10 Å². The van der Waals surface area contributed by atoms with Crippen molar-refractivity contribution in [2.24, 2.45) is 5.41 Å². The average Bonchev–Trinajstić information content (AvgIpc) is 2.18. The minimum absolute atomic E-state index is 0.648. The minimum atomic E-state index is -1.51. The summed E-state index contributed by atoms with van der Waals surface area (Å²) in [5.74, 6) is -1.26. The predicted molar refractivity (Wildman–Crippen MR) is 46.5 cm³/mol. The Kier molecular flexibility index (Phi) is 5.32. The second-order valence-corrected chi connectivity index (χ2v) is 2.98. The van der Waals surface area contributed by atoms with Crippen molar-refractivity contribution in [2.75, 3.05) is 19.8 Å². The summed E-state index contributed by atoms with van der Waals surface area (Å²) in [6.45, 7) is -1.94. The number of carbonyl (C=O) groups is 1. The van der Waals surface area contributed by atoms with E-state index in [0.29, 0.717) is 6.08 Å². The molecule has 0 aromatic heterocycles. The van der Waals surface area contributed by atoms with Crippen LogP contribution in [0.2, 0.25) is 0 Å². The summed E-state index contributed by atoms with van der Waals surface area (Å²) in [5.41, 5.74) is -1.51. The third-order valence-corrected chi connectivity index (χ3v) is 1.99. The van der Waals surface area contributed by atoms with Crippen LogP contribution in [0.25, 0.3) is 0 Å². The number of carboxylic acids is 1. The second kappa shape index (κ2) is 5.71. The van der Waals surface area contributed by atoms with E-state index in [9.17, 15) is 9.90 Å². The number of rotatable bonds is 6. The lowest BCUT2D eigenvalue weighted by molar-refractivity contribution is -0.131. The lowest BCUT2D eigenvalue weighted by Gasteiger charge is -2.30. The van der Waals surface area contributed by atoms with Gasteiger partial charge in [0, 0.05) is 6.08 Å². The van der Waals surface area contributed by atoms with Crippen molar-refractivity contribution in [1.82, 2.24) is 0 Å². The van der Waals surface area contributed by atoms with E-state index < -0.39 is 37.3 Å². The molecule has 82 valence electrons. The van der Waals surface area contributed by atoms with E-state index in [1.54, 1.807) is 0 Å². The maximum Gasteiger partial charge on any atom is 0.328 e. The van der Waals surface area contributed by atoms with Gasteiger partial charge in [0.15, 0.2) is 0 Å². The monoisotopic (exact) mass is 206 g/mol. The summed E-state index contributed by atoms with van der Waals surface area (Å²) >= 11 is 0. The Morgan fingerprint density at radius 1 is 1.21 bits per heavy atom. The van der Waals surface area contributed by atoms with Gasteiger partial charge < -0.3 is 25.5 Å². The van der Waals surface area contributed by atoms with Crippen molar-refractivity contribution in [3.63, 3.8) is 0 Å². The first kappa shape index (κ1) is 13.1. The van der Waals surface area contributed by atoms with Crippen LogP contribution in [-0.2, 0) is 4.79 Å². The maximum atomic E-state index is 10.1. The van der Waals surface area contributed by atoms with E-state index in [1.165, 1.54) is 0 Å². The Labute approximate surface area is 80.7 Å². The first-order valence-corrected chi connectivity index (χ1v) is 3.94. The Morgan fingerprint density at radius 3 is 1.93 bits per heavy atom. The van der Waals surface area contributed by atoms with Gasteiger partial charge in [0.1, 0.15) is 0 Å². The van der Waals surface area contributed by atoms with Crippen LogP contribution in [0, 0.1) is 5.41 Å². The molecular formula is C8H14O6. The highest BCUT2D eigenvalue weighted by molar-refractivity contribution is 5.79. The average molecular weight is 206 g/mol. The summed E-state index contributed by atoms with van der Waals surface area (Å²) < 4.78 is 0. The zero-order chi connectivity index (χ0) is 11.2. The van der Waals surface area contributed by atoms with Gasteiger partial charge in [-0.3, -0.25) is 0 Å². The van der Waals surface area contributed by atoms with Gasteiger partial charge in [0.25, 0.3) is 0 Å². The second-order valence-electron chi connectivity index (χ2n) is 2.98. The fourth-order valence-electron chi connectivity index (χ4n) is 0.808. The molecule has 0 aliphatic rings. The highest BCUT2D eigenvalue weighted by Gasteiger charge is 2.35. The van der Waals surface area contributed by atoms with E-state index in [-0.39, 0.29) is 0 Å². The molecule has 6 nitrogen and oxygen atoms in total. The maximum absolute atomic E-state index is 10.1. The molecule has 1 atom stereocenters. The van der Waals surface area contributed by atoms with E-state index in [1.807, 2.05) is 0 Å². The highest BCUT2D eigenvalue weighted by Crippen LogP contribution is 2.21. The molecule has 0 aliphatic heterocycles. The van der Waals surface area contributed by atoms with Crippen molar-refractivity contribution in [3.05, 3.63) is 12.2 Å². The van der Waals surface area contributed by atoms with E-state index in [4.69, 9.17) is 20.4 Å². The summed E-state index contributed by atoms with van der Waals surface area (Å²) in [7, 11) is 0. The molecule has 1 unspecified atom stereocenters. The van der Waals surface area contributed by atoms with Gasteiger partial charge in [0.2, 0.25) is 0 Å². The molecule has 0 aromatic rings. The molecule has 0 fully saturated rings. The molecule has 0 aromatic carbocycles. The molecule has 0 bridgehead atoms. The zero-order valence-electron chi connectivity index (χ0n) is 7.50. The van der Waals surface area contributed by atoms with E-state index >= 15 is 0 Å². The number of hydrogen-bond acceptors (Lipinski definition) is 5. The van der Waals surface area contributed by atoms with Gasteiger partial charge in [-0.15, -0.1) is 0 Å².